The molecule has 1 N–H and O–H groups in total. The average Bonchev–Trinajstić information content (AvgIpc) is 2.33. The highest BCUT2D eigenvalue weighted by atomic mass is 79.9. The molecule has 1 unspecified atom stereocenters. The van der Waals surface area contributed by atoms with Crippen molar-refractivity contribution in [1.29, 1.82) is 0 Å². The Morgan fingerprint density at radius 1 is 1.56 bits per heavy atom. The van der Waals surface area contributed by atoms with Crippen LogP contribution in [0.4, 0.5) is 10.2 Å². The van der Waals surface area contributed by atoms with Gasteiger partial charge in [-0.3, -0.25) is 14.5 Å². The molecule has 1 aromatic rings. The summed E-state index contributed by atoms with van der Waals surface area (Å²) in [6.07, 6.45) is 2.05. The molecule has 1 aliphatic rings. The van der Waals surface area contributed by atoms with Gasteiger partial charge in [0.1, 0.15) is 6.04 Å². The second-order valence-electron chi connectivity index (χ2n) is 4.01. The van der Waals surface area contributed by atoms with Gasteiger partial charge in [0.15, 0.2) is 11.6 Å². The average molecular weight is 316 g/mol. The fourth-order valence-electron chi connectivity index (χ4n) is 1.74. The van der Waals surface area contributed by atoms with E-state index in [0.29, 0.717) is 10.9 Å². The first-order valence-corrected chi connectivity index (χ1v) is 6.16. The van der Waals surface area contributed by atoms with Gasteiger partial charge in [0, 0.05) is 24.1 Å². The van der Waals surface area contributed by atoms with Gasteiger partial charge in [-0.25, -0.2) is 9.37 Å². The maximum Gasteiger partial charge on any atom is 0.251 e. The lowest BCUT2D eigenvalue weighted by Crippen LogP contribution is -2.48. The number of likely N-dealkylation sites (N-methyl/N-ethyl adjacent to an activating group) is 1. The molecule has 2 amide bonds. The number of amides is 2. The van der Waals surface area contributed by atoms with Crippen LogP contribution in [0.15, 0.2) is 16.7 Å². The zero-order valence-corrected chi connectivity index (χ0v) is 11.2. The minimum Gasteiger partial charge on any atom is -0.356 e. The number of carbonyl (C=O) groups is 2. The van der Waals surface area contributed by atoms with E-state index in [1.165, 1.54) is 19.3 Å². The minimum atomic E-state index is -0.615. The number of rotatable bonds is 2. The third-order valence-electron chi connectivity index (χ3n) is 2.77. The summed E-state index contributed by atoms with van der Waals surface area (Å²) in [6, 6.07) is 0.646. The lowest BCUT2D eigenvalue weighted by atomic mass is 10.0. The van der Waals surface area contributed by atoms with E-state index >= 15 is 0 Å². The highest BCUT2D eigenvalue weighted by Gasteiger charge is 2.32. The molecule has 0 saturated carbocycles. The summed E-state index contributed by atoms with van der Waals surface area (Å²) in [5, 5.41) is 2.73. The number of halogens is 2. The number of nitrogens with zero attached hydrogens (tertiary/aromatic N) is 2. The van der Waals surface area contributed by atoms with Crippen LogP contribution in [0.1, 0.15) is 12.8 Å². The van der Waals surface area contributed by atoms with Crippen molar-refractivity contribution in [3.8, 4) is 0 Å². The van der Waals surface area contributed by atoms with Crippen LogP contribution in [0.2, 0.25) is 0 Å². The van der Waals surface area contributed by atoms with Crippen molar-refractivity contribution in [3.63, 3.8) is 0 Å². The highest BCUT2D eigenvalue weighted by Crippen LogP contribution is 2.20. The van der Waals surface area contributed by atoms with E-state index in [0.717, 1.165) is 4.90 Å². The summed E-state index contributed by atoms with van der Waals surface area (Å²) in [4.78, 5) is 28.0. The van der Waals surface area contributed by atoms with E-state index in [1.807, 2.05) is 0 Å². The monoisotopic (exact) mass is 315 g/mol. The van der Waals surface area contributed by atoms with Crippen LogP contribution in [-0.4, -0.2) is 34.8 Å². The SMILES string of the molecule is CN1C(=O)CCC(Nc2ncc(Br)cc2F)C1=O. The standard InChI is InChI=1S/C11H11BrFN3O2/c1-16-9(17)3-2-8(11(16)18)15-10-7(13)4-6(12)5-14-10/h4-5,8H,2-3H2,1H3,(H,14,15). The quantitative estimate of drug-likeness (QED) is 0.841. The molecular formula is C11H11BrFN3O2. The van der Waals surface area contributed by atoms with E-state index in [1.54, 1.807) is 0 Å². The van der Waals surface area contributed by atoms with Crippen LogP contribution in [0.3, 0.4) is 0 Å². The number of aromatic nitrogens is 1. The predicted molar refractivity (Wildman–Crippen MR) is 66.3 cm³/mol. The Morgan fingerprint density at radius 2 is 2.28 bits per heavy atom. The molecule has 1 fully saturated rings. The van der Waals surface area contributed by atoms with Crippen LogP contribution >= 0.6 is 15.9 Å². The summed E-state index contributed by atoms with van der Waals surface area (Å²) < 4.78 is 14.1. The third kappa shape index (κ3) is 2.50. The van der Waals surface area contributed by atoms with Crippen molar-refractivity contribution in [1.82, 2.24) is 9.88 Å². The maximum atomic E-state index is 13.6. The second-order valence-corrected chi connectivity index (χ2v) is 4.93. The van der Waals surface area contributed by atoms with Gasteiger partial charge < -0.3 is 5.32 Å². The lowest BCUT2D eigenvalue weighted by molar-refractivity contribution is -0.146. The van der Waals surface area contributed by atoms with Gasteiger partial charge in [-0.05, 0) is 28.4 Å². The normalized spacial score (nSPS) is 20.2. The molecule has 0 spiro atoms. The van der Waals surface area contributed by atoms with Crippen LogP contribution in [0, 0.1) is 5.82 Å². The summed E-state index contributed by atoms with van der Waals surface area (Å²) in [5.41, 5.74) is 0. The van der Waals surface area contributed by atoms with E-state index in [9.17, 15) is 14.0 Å². The topological polar surface area (TPSA) is 62.3 Å². The Morgan fingerprint density at radius 3 is 2.94 bits per heavy atom. The third-order valence-corrected chi connectivity index (χ3v) is 3.20. The molecule has 0 aromatic carbocycles. The van der Waals surface area contributed by atoms with E-state index in [-0.39, 0.29) is 24.1 Å². The second kappa shape index (κ2) is 5.01. The summed E-state index contributed by atoms with van der Waals surface area (Å²) in [7, 11) is 1.42. The zero-order valence-electron chi connectivity index (χ0n) is 9.61. The largest absolute Gasteiger partial charge is 0.356 e. The molecule has 0 aliphatic carbocycles. The molecule has 1 aromatic heterocycles. The first kappa shape index (κ1) is 12.9. The van der Waals surface area contributed by atoms with E-state index in [2.05, 4.69) is 26.2 Å². The Bertz CT molecular complexity index is 509. The summed E-state index contributed by atoms with van der Waals surface area (Å²) in [6.45, 7) is 0. The lowest BCUT2D eigenvalue weighted by Gasteiger charge is -2.28. The fourth-order valence-corrected chi connectivity index (χ4v) is 2.04. The highest BCUT2D eigenvalue weighted by molar-refractivity contribution is 9.10. The molecule has 0 bridgehead atoms. The van der Waals surface area contributed by atoms with Crippen molar-refractivity contribution in [2.75, 3.05) is 12.4 Å². The number of nitrogens with one attached hydrogen (secondary N) is 1. The Balaban J connectivity index is 2.14. The van der Waals surface area contributed by atoms with Gasteiger partial charge >= 0.3 is 0 Å². The number of carbonyl (C=O) groups excluding carboxylic acids is 2. The molecule has 1 atom stereocenters. The van der Waals surface area contributed by atoms with Gasteiger partial charge in [-0.1, -0.05) is 0 Å². The Labute approximate surface area is 112 Å². The van der Waals surface area contributed by atoms with Crippen molar-refractivity contribution in [3.05, 3.63) is 22.6 Å². The van der Waals surface area contributed by atoms with Crippen molar-refractivity contribution >= 4 is 33.6 Å². The number of piperidine rings is 1. The van der Waals surface area contributed by atoms with Gasteiger partial charge in [-0.2, -0.15) is 0 Å². The maximum absolute atomic E-state index is 13.6. The van der Waals surface area contributed by atoms with Crippen molar-refractivity contribution < 1.29 is 14.0 Å². The summed E-state index contributed by atoms with van der Waals surface area (Å²) >= 11 is 3.10. The van der Waals surface area contributed by atoms with Gasteiger partial charge in [0.05, 0.1) is 0 Å². The minimum absolute atomic E-state index is 0.0132. The molecule has 1 saturated heterocycles. The number of likely N-dealkylation sites (tertiary alicyclic amines) is 1. The molecule has 2 rings (SSSR count). The molecule has 2 heterocycles. The van der Waals surface area contributed by atoms with E-state index in [4.69, 9.17) is 0 Å². The van der Waals surface area contributed by atoms with Crippen LogP contribution < -0.4 is 5.32 Å². The molecule has 0 radical (unpaired) electrons. The van der Waals surface area contributed by atoms with Gasteiger partial charge in [0.25, 0.3) is 5.91 Å². The first-order chi connectivity index (χ1) is 8.49. The van der Waals surface area contributed by atoms with Gasteiger partial charge in [-0.15, -0.1) is 0 Å². The number of hydrogen-bond donors (Lipinski definition) is 1. The number of anilines is 1. The number of pyridine rings is 1. The number of imide groups is 1. The van der Waals surface area contributed by atoms with E-state index < -0.39 is 11.9 Å². The Kier molecular flexibility index (Phi) is 3.60. The van der Waals surface area contributed by atoms with Crippen LogP contribution in [0.25, 0.3) is 0 Å². The molecule has 7 heteroatoms. The van der Waals surface area contributed by atoms with Crippen molar-refractivity contribution in [2.45, 2.75) is 18.9 Å². The molecule has 5 nitrogen and oxygen atoms in total. The first-order valence-electron chi connectivity index (χ1n) is 5.37. The molecule has 96 valence electrons. The molecular weight excluding hydrogens is 305 g/mol. The number of hydrogen-bond acceptors (Lipinski definition) is 4. The van der Waals surface area contributed by atoms with Crippen molar-refractivity contribution in [2.24, 2.45) is 0 Å². The Hall–Kier alpha value is -1.50. The predicted octanol–water partition coefficient (Wildman–Crippen LogP) is 1.54. The molecule has 1 aliphatic heterocycles. The van der Waals surface area contributed by atoms with Crippen LogP contribution in [-0.2, 0) is 9.59 Å². The van der Waals surface area contributed by atoms with Crippen LogP contribution in [0.5, 0.6) is 0 Å². The summed E-state index contributed by atoms with van der Waals surface area (Å²) in [5.74, 6) is -1.12. The van der Waals surface area contributed by atoms with Gasteiger partial charge in [0.2, 0.25) is 5.91 Å². The smallest absolute Gasteiger partial charge is 0.251 e. The molecule has 18 heavy (non-hydrogen) atoms. The fraction of sp³-hybridized carbons (Fsp3) is 0.364. The zero-order chi connectivity index (χ0) is 13.3.